The average molecular weight is 393 g/mol. The van der Waals surface area contributed by atoms with E-state index in [0.717, 1.165) is 30.8 Å². The maximum absolute atomic E-state index is 12.9. The number of nitrogens with one attached hydrogen (secondary N) is 2. The van der Waals surface area contributed by atoms with Gasteiger partial charge in [-0.25, -0.2) is 17.5 Å². The summed E-state index contributed by atoms with van der Waals surface area (Å²) in [6.45, 7) is 1.29. The second kappa shape index (κ2) is 10.0. The molecule has 2 rings (SSSR count). The topological polar surface area (TPSA) is 78.5 Å². The van der Waals surface area contributed by atoms with E-state index in [1.54, 1.807) is 0 Å². The van der Waals surface area contributed by atoms with Crippen LogP contribution in [-0.4, -0.2) is 41.0 Å². The number of para-hydroxylation sites is 1. The third-order valence-corrected chi connectivity index (χ3v) is 5.43. The lowest BCUT2D eigenvalue weighted by Gasteiger charge is -2.19. The Balaban J connectivity index is 1.64. The smallest absolute Gasteiger partial charge is 0.240 e. The molecule has 8 heteroatoms. The van der Waals surface area contributed by atoms with Gasteiger partial charge in [-0.15, -0.1) is 0 Å². The SMILES string of the molecule is CN(CCCNC(=O)CCNS(=O)(=O)c1ccc(F)cc1)c1ccccc1. The third kappa shape index (κ3) is 6.99. The van der Waals surface area contributed by atoms with Crippen molar-refractivity contribution in [3.63, 3.8) is 0 Å². The summed E-state index contributed by atoms with van der Waals surface area (Å²) in [4.78, 5) is 13.9. The maximum atomic E-state index is 12.9. The number of carbonyl (C=O) groups excluding carboxylic acids is 1. The molecule has 0 aromatic heterocycles. The molecule has 27 heavy (non-hydrogen) atoms. The zero-order valence-corrected chi connectivity index (χ0v) is 16.0. The minimum Gasteiger partial charge on any atom is -0.375 e. The fourth-order valence-corrected chi connectivity index (χ4v) is 3.47. The van der Waals surface area contributed by atoms with Crippen LogP contribution in [-0.2, 0) is 14.8 Å². The number of halogens is 1. The summed E-state index contributed by atoms with van der Waals surface area (Å²) in [7, 11) is -1.76. The fourth-order valence-electron chi connectivity index (χ4n) is 2.44. The minimum atomic E-state index is -3.74. The van der Waals surface area contributed by atoms with Crippen LogP contribution in [0.3, 0.4) is 0 Å². The van der Waals surface area contributed by atoms with Gasteiger partial charge in [-0.05, 0) is 42.8 Å². The summed E-state index contributed by atoms with van der Waals surface area (Å²) in [6, 6.07) is 14.5. The zero-order valence-electron chi connectivity index (χ0n) is 15.2. The van der Waals surface area contributed by atoms with Crippen molar-refractivity contribution in [3.05, 3.63) is 60.4 Å². The Bertz CT molecular complexity index is 827. The number of hydrogen-bond acceptors (Lipinski definition) is 4. The maximum Gasteiger partial charge on any atom is 0.240 e. The Morgan fingerprint density at radius 2 is 1.70 bits per heavy atom. The van der Waals surface area contributed by atoms with Crippen LogP contribution in [0.25, 0.3) is 0 Å². The van der Waals surface area contributed by atoms with Crippen LogP contribution in [0.4, 0.5) is 10.1 Å². The first-order valence-corrected chi connectivity index (χ1v) is 10.1. The summed E-state index contributed by atoms with van der Waals surface area (Å²) >= 11 is 0. The number of rotatable bonds is 10. The second-order valence-corrected chi connectivity index (χ2v) is 7.83. The monoisotopic (exact) mass is 393 g/mol. The molecule has 1 amide bonds. The standard InChI is InChI=1S/C19H24FN3O3S/c1-23(17-6-3-2-4-7-17)15-5-13-21-19(24)12-14-22-27(25,26)18-10-8-16(20)9-11-18/h2-4,6-11,22H,5,12-15H2,1H3,(H,21,24). The van der Waals surface area contributed by atoms with Gasteiger partial charge in [0.1, 0.15) is 5.82 Å². The predicted octanol–water partition coefficient (Wildman–Crippen LogP) is 2.14. The number of benzene rings is 2. The molecule has 2 aromatic rings. The number of nitrogens with zero attached hydrogens (tertiary/aromatic N) is 1. The first-order chi connectivity index (χ1) is 12.9. The molecule has 0 atom stereocenters. The minimum absolute atomic E-state index is 0.0184. The molecule has 0 fully saturated rings. The van der Waals surface area contributed by atoms with Crippen LogP contribution in [0, 0.1) is 5.82 Å². The Hall–Kier alpha value is -2.45. The van der Waals surface area contributed by atoms with Crippen LogP contribution in [0.1, 0.15) is 12.8 Å². The van der Waals surface area contributed by atoms with Crippen molar-refractivity contribution in [1.29, 1.82) is 0 Å². The van der Waals surface area contributed by atoms with E-state index in [1.807, 2.05) is 37.4 Å². The lowest BCUT2D eigenvalue weighted by atomic mass is 10.3. The number of amides is 1. The normalized spacial score (nSPS) is 11.2. The molecule has 0 saturated carbocycles. The van der Waals surface area contributed by atoms with E-state index in [4.69, 9.17) is 0 Å². The van der Waals surface area contributed by atoms with E-state index in [1.165, 1.54) is 12.1 Å². The first-order valence-electron chi connectivity index (χ1n) is 8.66. The molecule has 0 aliphatic rings. The second-order valence-electron chi connectivity index (χ2n) is 6.06. The van der Waals surface area contributed by atoms with Gasteiger partial charge in [0.25, 0.3) is 0 Å². The average Bonchev–Trinajstić information content (AvgIpc) is 2.66. The highest BCUT2D eigenvalue weighted by molar-refractivity contribution is 7.89. The first kappa shape index (κ1) is 20.9. The molecule has 2 N–H and O–H groups in total. The van der Waals surface area contributed by atoms with Crippen LogP contribution < -0.4 is 14.9 Å². The molecular formula is C19H24FN3O3S. The summed E-state index contributed by atoms with van der Waals surface area (Å²) in [6.07, 6.45) is 0.813. The van der Waals surface area contributed by atoms with Gasteiger partial charge in [0.2, 0.25) is 15.9 Å². The molecule has 6 nitrogen and oxygen atoms in total. The van der Waals surface area contributed by atoms with Crippen LogP contribution in [0.2, 0.25) is 0 Å². The third-order valence-electron chi connectivity index (χ3n) is 3.96. The molecule has 0 bridgehead atoms. The quantitative estimate of drug-likeness (QED) is 0.606. The van der Waals surface area contributed by atoms with Gasteiger partial charge in [-0.3, -0.25) is 4.79 Å². The van der Waals surface area contributed by atoms with E-state index in [9.17, 15) is 17.6 Å². The predicted molar refractivity (Wildman–Crippen MR) is 104 cm³/mol. The van der Waals surface area contributed by atoms with Crippen molar-refractivity contribution in [3.8, 4) is 0 Å². The van der Waals surface area contributed by atoms with Crippen LogP contribution in [0.15, 0.2) is 59.5 Å². The van der Waals surface area contributed by atoms with Gasteiger partial charge in [0.15, 0.2) is 0 Å². The van der Waals surface area contributed by atoms with E-state index < -0.39 is 15.8 Å². The molecule has 146 valence electrons. The van der Waals surface area contributed by atoms with Crippen molar-refractivity contribution in [2.75, 3.05) is 31.6 Å². The molecule has 0 radical (unpaired) electrons. The van der Waals surface area contributed by atoms with Gasteiger partial charge in [0.05, 0.1) is 4.90 Å². The van der Waals surface area contributed by atoms with Gasteiger partial charge in [-0.2, -0.15) is 0 Å². The van der Waals surface area contributed by atoms with Crippen LogP contribution in [0.5, 0.6) is 0 Å². The zero-order chi connectivity index (χ0) is 19.7. The molecule has 0 heterocycles. The largest absolute Gasteiger partial charge is 0.375 e. The van der Waals surface area contributed by atoms with Crippen molar-refractivity contribution in [1.82, 2.24) is 10.0 Å². The summed E-state index contributed by atoms with van der Waals surface area (Å²) < 4.78 is 39.2. The van der Waals surface area contributed by atoms with E-state index in [-0.39, 0.29) is 23.8 Å². The van der Waals surface area contributed by atoms with Crippen molar-refractivity contribution < 1.29 is 17.6 Å². The van der Waals surface area contributed by atoms with Crippen LogP contribution >= 0.6 is 0 Å². The lowest BCUT2D eigenvalue weighted by Crippen LogP contribution is -2.32. The van der Waals surface area contributed by atoms with Gasteiger partial charge >= 0.3 is 0 Å². The molecule has 0 unspecified atom stereocenters. The molecule has 0 saturated heterocycles. The van der Waals surface area contributed by atoms with E-state index >= 15 is 0 Å². The van der Waals surface area contributed by atoms with Gasteiger partial charge < -0.3 is 10.2 Å². The summed E-state index contributed by atoms with van der Waals surface area (Å²) in [5, 5.41) is 2.77. The van der Waals surface area contributed by atoms with E-state index in [0.29, 0.717) is 6.54 Å². The molecule has 0 spiro atoms. The summed E-state index contributed by atoms with van der Waals surface area (Å²) in [5.41, 5.74) is 1.11. The van der Waals surface area contributed by atoms with Crippen molar-refractivity contribution >= 4 is 21.6 Å². The Morgan fingerprint density at radius 3 is 2.37 bits per heavy atom. The molecular weight excluding hydrogens is 369 g/mol. The van der Waals surface area contributed by atoms with Gasteiger partial charge in [-0.1, -0.05) is 18.2 Å². The van der Waals surface area contributed by atoms with Crippen molar-refractivity contribution in [2.24, 2.45) is 0 Å². The number of hydrogen-bond donors (Lipinski definition) is 2. The highest BCUT2D eigenvalue weighted by Crippen LogP contribution is 2.11. The Labute approximate surface area is 159 Å². The number of anilines is 1. The molecule has 2 aromatic carbocycles. The number of sulfonamides is 1. The highest BCUT2D eigenvalue weighted by atomic mass is 32.2. The molecule has 0 aliphatic heterocycles. The van der Waals surface area contributed by atoms with Crippen molar-refractivity contribution in [2.45, 2.75) is 17.7 Å². The lowest BCUT2D eigenvalue weighted by molar-refractivity contribution is -0.120. The van der Waals surface area contributed by atoms with Gasteiger partial charge in [0, 0.05) is 38.8 Å². The highest BCUT2D eigenvalue weighted by Gasteiger charge is 2.14. The summed E-state index contributed by atoms with van der Waals surface area (Å²) in [5.74, 6) is -0.731. The fraction of sp³-hybridized carbons (Fsp3) is 0.316. The van der Waals surface area contributed by atoms with E-state index in [2.05, 4.69) is 14.9 Å². The Kier molecular flexibility index (Phi) is 7.75. The Morgan fingerprint density at radius 1 is 1.04 bits per heavy atom. The number of carbonyl (C=O) groups is 1. The molecule has 0 aliphatic carbocycles.